The van der Waals surface area contributed by atoms with Crippen molar-refractivity contribution in [1.29, 1.82) is 0 Å². The van der Waals surface area contributed by atoms with E-state index in [1.807, 2.05) is 18.2 Å². The lowest BCUT2D eigenvalue weighted by Gasteiger charge is -2.29. The lowest BCUT2D eigenvalue weighted by molar-refractivity contribution is -0.136. The topological polar surface area (TPSA) is 90.5 Å². The number of rotatable bonds is 8. The lowest BCUT2D eigenvalue weighted by Crippen LogP contribution is -2.52. The van der Waals surface area contributed by atoms with Crippen molar-refractivity contribution in [2.75, 3.05) is 19.6 Å². The van der Waals surface area contributed by atoms with Gasteiger partial charge in [0.25, 0.3) is 5.91 Å². The Labute approximate surface area is 178 Å². The Morgan fingerprint density at radius 1 is 1.07 bits per heavy atom. The molecule has 3 aliphatic rings. The first-order chi connectivity index (χ1) is 14.6. The van der Waals surface area contributed by atoms with E-state index in [2.05, 4.69) is 16.0 Å². The zero-order valence-corrected chi connectivity index (χ0v) is 17.5. The Hall–Kier alpha value is -2.25. The summed E-state index contributed by atoms with van der Waals surface area (Å²) in [5.41, 5.74) is 2.69. The Kier molecular flexibility index (Phi) is 6.79. The normalized spacial score (nSPS) is 22.3. The summed E-state index contributed by atoms with van der Waals surface area (Å²) in [6.45, 7) is 4.35. The number of nitrogens with one attached hydrogen (secondary N) is 3. The first-order valence-electron chi connectivity index (χ1n) is 11.3. The second-order valence-electron chi connectivity index (χ2n) is 8.72. The summed E-state index contributed by atoms with van der Waals surface area (Å²) in [4.78, 5) is 38.3. The van der Waals surface area contributed by atoms with Gasteiger partial charge in [-0.2, -0.15) is 0 Å². The predicted octanol–water partition coefficient (Wildman–Crippen LogP) is 1.71. The Bertz CT molecular complexity index is 804. The third-order valence-corrected chi connectivity index (χ3v) is 6.63. The zero-order valence-electron chi connectivity index (χ0n) is 17.5. The van der Waals surface area contributed by atoms with Gasteiger partial charge in [0, 0.05) is 25.1 Å². The van der Waals surface area contributed by atoms with Gasteiger partial charge in [0.2, 0.25) is 11.8 Å². The molecule has 1 aromatic carbocycles. The Morgan fingerprint density at radius 3 is 2.70 bits per heavy atom. The monoisotopic (exact) mass is 412 g/mol. The van der Waals surface area contributed by atoms with Crippen molar-refractivity contribution in [3.05, 3.63) is 34.9 Å². The molecule has 0 bridgehead atoms. The number of hydrogen-bond donors (Lipinski definition) is 3. The van der Waals surface area contributed by atoms with E-state index in [1.165, 1.54) is 25.7 Å². The van der Waals surface area contributed by atoms with Gasteiger partial charge in [-0.05, 0) is 62.4 Å². The van der Waals surface area contributed by atoms with Gasteiger partial charge in [-0.25, -0.2) is 0 Å². The molecule has 1 unspecified atom stereocenters. The molecule has 0 aliphatic carbocycles. The first-order valence-corrected chi connectivity index (χ1v) is 11.3. The highest BCUT2D eigenvalue weighted by atomic mass is 16.2. The molecule has 4 rings (SSSR count). The maximum absolute atomic E-state index is 13.1. The maximum Gasteiger partial charge on any atom is 0.255 e. The number of amides is 3. The van der Waals surface area contributed by atoms with Crippen LogP contribution in [0.25, 0.3) is 0 Å². The lowest BCUT2D eigenvalue weighted by atomic mass is 9.92. The van der Waals surface area contributed by atoms with Gasteiger partial charge in [-0.3, -0.25) is 19.7 Å². The number of imide groups is 1. The van der Waals surface area contributed by atoms with Crippen LogP contribution in [0.4, 0.5) is 0 Å². The van der Waals surface area contributed by atoms with E-state index < -0.39 is 6.04 Å². The van der Waals surface area contributed by atoms with Gasteiger partial charge >= 0.3 is 0 Å². The number of piperidine rings is 2. The van der Waals surface area contributed by atoms with Crippen molar-refractivity contribution in [2.45, 2.75) is 64.1 Å². The number of benzene rings is 1. The van der Waals surface area contributed by atoms with Gasteiger partial charge in [0.15, 0.2) is 0 Å². The van der Waals surface area contributed by atoms with Gasteiger partial charge in [0.1, 0.15) is 6.04 Å². The summed E-state index contributed by atoms with van der Waals surface area (Å²) >= 11 is 0. The number of fused-ring (bicyclic) bond motifs is 1. The van der Waals surface area contributed by atoms with Gasteiger partial charge in [0.05, 0.1) is 0 Å². The van der Waals surface area contributed by atoms with E-state index in [-0.39, 0.29) is 24.1 Å². The molecule has 3 aliphatic heterocycles. The molecular formula is C23H32N4O3. The molecule has 1 aromatic rings. The fraction of sp³-hybridized carbons (Fsp3) is 0.609. The summed E-state index contributed by atoms with van der Waals surface area (Å²) in [5.74, 6) is 0.161. The minimum absolute atomic E-state index is 0.0946. The molecule has 2 fully saturated rings. The average Bonchev–Trinajstić information content (AvgIpc) is 3.08. The van der Waals surface area contributed by atoms with Crippen molar-refractivity contribution in [1.82, 2.24) is 20.9 Å². The van der Waals surface area contributed by atoms with Crippen LogP contribution in [0.3, 0.4) is 0 Å². The van der Waals surface area contributed by atoms with E-state index >= 15 is 0 Å². The number of nitrogens with zero attached hydrogens (tertiary/aromatic N) is 1. The van der Waals surface area contributed by atoms with Crippen molar-refractivity contribution < 1.29 is 14.4 Å². The highest BCUT2D eigenvalue weighted by molar-refractivity contribution is 6.05. The van der Waals surface area contributed by atoms with Crippen molar-refractivity contribution >= 4 is 17.7 Å². The van der Waals surface area contributed by atoms with Crippen LogP contribution in [0.15, 0.2) is 18.2 Å². The molecule has 1 atom stereocenters. The third-order valence-electron chi connectivity index (χ3n) is 6.63. The molecule has 0 radical (unpaired) electrons. The van der Waals surface area contributed by atoms with E-state index in [1.54, 1.807) is 4.90 Å². The van der Waals surface area contributed by atoms with Crippen LogP contribution >= 0.6 is 0 Å². The Morgan fingerprint density at radius 2 is 1.90 bits per heavy atom. The molecule has 3 N–H and O–H groups in total. The highest BCUT2D eigenvalue weighted by Gasteiger charge is 2.39. The van der Waals surface area contributed by atoms with Crippen molar-refractivity contribution in [3.63, 3.8) is 0 Å². The highest BCUT2D eigenvalue weighted by Crippen LogP contribution is 2.29. The first kappa shape index (κ1) is 21.0. The standard InChI is InChI=1S/C23H32N4O3/c28-20-8-7-19(22(29)26-20)27-15-18-6-3-5-17(21(18)23(27)30)14-25-11-2-1-4-16-9-12-24-13-10-16/h3,5-6,16,19,24-25H,1-2,4,7-15H2,(H,26,28,29). The van der Waals surface area contributed by atoms with Crippen LogP contribution in [0.5, 0.6) is 0 Å². The molecule has 3 heterocycles. The van der Waals surface area contributed by atoms with Crippen LogP contribution in [0.2, 0.25) is 0 Å². The molecule has 0 saturated carbocycles. The molecular weight excluding hydrogens is 380 g/mol. The van der Waals surface area contributed by atoms with Crippen LogP contribution in [-0.4, -0.2) is 48.3 Å². The summed E-state index contributed by atoms with van der Waals surface area (Å²) in [5, 5.41) is 9.27. The summed E-state index contributed by atoms with van der Waals surface area (Å²) < 4.78 is 0. The number of carbonyl (C=O) groups is 3. The third kappa shape index (κ3) is 4.73. The molecule has 0 spiro atoms. The quantitative estimate of drug-likeness (QED) is 0.447. The van der Waals surface area contributed by atoms with E-state index in [4.69, 9.17) is 0 Å². The maximum atomic E-state index is 13.1. The predicted molar refractivity (Wildman–Crippen MR) is 114 cm³/mol. The van der Waals surface area contributed by atoms with Gasteiger partial charge in [-0.1, -0.05) is 31.0 Å². The molecule has 0 aromatic heterocycles. The molecule has 7 nitrogen and oxygen atoms in total. The smallest absolute Gasteiger partial charge is 0.255 e. The van der Waals surface area contributed by atoms with Crippen LogP contribution in [0, 0.1) is 5.92 Å². The van der Waals surface area contributed by atoms with Gasteiger partial charge in [-0.15, -0.1) is 0 Å². The molecule has 162 valence electrons. The van der Waals surface area contributed by atoms with Crippen molar-refractivity contribution in [2.24, 2.45) is 5.92 Å². The van der Waals surface area contributed by atoms with Gasteiger partial charge < -0.3 is 15.5 Å². The van der Waals surface area contributed by atoms with Crippen LogP contribution in [-0.2, 0) is 22.7 Å². The zero-order chi connectivity index (χ0) is 20.9. The molecule has 3 amide bonds. The van der Waals surface area contributed by atoms with E-state index in [0.717, 1.165) is 48.7 Å². The second-order valence-corrected chi connectivity index (χ2v) is 8.72. The summed E-state index contributed by atoms with van der Waals surface area (Å²) in [6.07, 6.45) is 6.98. The minimum Gasteiger partial charge on any atom is -0.322 e. The van der Waals surface area contributed by atoms with E-state index in [0.29, 0.717) is 19.5 Å². The second kappa shape index (κ2) is 9.71. The SMILES string of the molecule is O=C1CCC(N2Cc3cccc(CNCCCCC4CCNCC4)c3C2=O)C(=O)N1. The summed E-state index contributed by atoms with van der Waals surface area (Å²) in [6, 6.07) is 5.38. The van der Waals surface area contributed by atoms with Crippen molar-refractivity contribution in [3.8, 4) is 0 Å². The van der Waals surface area contributed by atoms with Crippen LogP contribution < -0.4 is 16.0 Å². The number of hydrogen-bond acceptors (Lipinski definition) is 5. The fourth-order valence-electron chi connectivity index (χ4n) is 4.91. The molecule has 30 heavy (non-hydrogen) atoms. The number of carbonyl (C=O) groups excluding carboxylic acids is 3. The Balaban J connectivity index is 1.28. The number of unbranched alkanes of at least 4 members (excludes halogenated alkanes) is 1. The molecule has 2 saturated heterocycles. The average molecular weight is 413 g/mol. The molecule has 7 heteroatoms. The summed E-state index contributed by atoms with van der Waals surface area (Å²) in [7, 11) is 0. The van der Waals surface area contributed by atoms with E-state index in [9.17, 15) is 14.4 Å². The fourth-order valence-corrected chi connectivity index (χ4v) is 4.91. The largest absolute Gasteiger partial charge is 0.322 e. The minimum atomic E-state index is -0.557. The van der Waals surface area contributed by atoms with Crippen LogP contribution in [0.1, 0.15) is 66.4 Å².